The molecular formula is C13H16N4. The highest BCUT2D eigenvalue weighted by molar-refractivity contribution is 5.37. The molecule has 1 heterocycles. The molecule has 0 saturated heterocycles. The fourth-order valence-corrected chi connectivity index (χ4v) is 2.26. The van der Waals surface area contributed by atoms with Gasteiger partial charge in [-0.25, -0.2) is 0 Å². The molecule has 1 saturated carbocycles. The molecule has 2 N–H and O–H groups in total. The van der Waals surface area contributed by atoms with Crippen molar-refractivity contribution in [1.82, 2.24) is 14.8 Å². The summed E-state index contributed by atoms with van der Waals surface area (Å²) in [5, 5.41) is 8.53. The SMILES string of the molecule is Cc1nnc(C2(CN)CC2)n1-c1ccccc1. The van der Waals surface area contributed by atoms with Gasteiger partial charge < -0.3 is 5.73 Å². The Kier molecular flexibility index (Phi) is 2.26. The zero-order chi connectivity index (χ0) is 11.9. The van der Waals surface area contributed by atoms with Crippen LogP contribution in [-0.2, 0) is 5.41 Å². The molecule has 1 aliphatic rings. The second-order valence-corrected chi connectivity index (χ2v) is 4.73. The van der Waals surface area contributed by atoms with Crippen LogP contribution in [0.15, 0.2) is 30.3 Å². The highest BCUT2D eigenvalue weighted by atomic mass is 15.3. The number of rotatable bonds is 3. The van der Waals surface area contributed by atoms with Gasteiger partial charge in [-0.15, -0.1) is 10.2 Å². The molecule has 0 bridgehead atoms. The molecule has 1 aliphatic carbocycles. The van der Waals surface area contributed by atoms with Crippen LogP contribution in [0.3, 0.4) is 0 Å². The lowest BCUT2D eigenvalue weighted by molar-refractivity contribution is 0.630. The van der Waals surface area contributed by atoms with E-state index in [1.165, 1.54) is 0 Å². The van der Waals surface area contributed by atoms with Crippen LogP contribution in [-0.4, -0.2) is 21.3 Å². The zero-order valence-corrected chi connectivity index (χ0v) is 9.93. The molecule has 3 rings (SSSR count). The maximum absolute atomic E-state index is 5.88. The van der Waals surface area contributed by atoms with Gasteiger partial charge in [-0.05, 0) is 31.9 Å². The summed E-state index contributed by atoms with van der Waals surface area (Å²) in [7, 11) is 0. The first-order valence-corrected chi connectivity index (χ1v) is 5.95. The van der Waals surface area contributed by atoms with Gasteiger partial charge in [0.1, 0.15) is 11.6 Å². The minimum Gasteiger partial charge on any atom is -0.329 e. The van der Waals surface area contributed by atoms with Crippen molar-refractivity contribution in [2.75, 3.05) is 6.54 Å². The Morgan fingerprint density at radius 3 is 2.53 bits per heavy atom. The second kappa shape index (κ2) is 3.67. The normalized spacial score (nSPS) is 17.1. The monoisotopic (exact) mass is 228 g/mol. The maximum atomic E-state index is 5.88. The average Bonchev–Trinajstić information content (AvgIpc) is 3.08. The Hall–Kier alpha value is -1.68. The highest BCUT2D eigenvalue weighted by Gasteiger charge is 2.47. The Morgan fingerprint density at radius 1 is 1.24 bits per heavy atom. The van der Waals surface area contributed by atoms with E-state index in [1.807, 2.05) is 25.1 Å². The van der Waals surface area contributed by atoms with Crippen molar-refractivity contribution < 1.29 is 0 Å². The fourth-order valence-electron chi connectivity index (χ4n) is 2.26. The van der Waals surface area contributed by atoms with Gasteiger partial charge in [0.15, 0.2) is 0 Å². The predicted molar refractivity (Wildman–Crippen MR) is 66.1 cm³/mol. The van der Waals surface area contributed by atoms with Gasteiger partial charge in [-0.1, -0.05) is 18.2 Å². The third-order valence-electron chi connectivity index (χ3n) is 3.56. The molecule has 4 heteroatoms. The van der Waals surface area contributed by atoms with Gasteiger partial charge in [0.2, 0.25) is 0 Å². The number of hydrogen-bond donors (Lipinski definition) is 1. The molecule has 0 unspecified atom stereocenters. The van der Waals surface area contributed by atoms with Crippen molar-refractivity contribution in [3.05, 3.63) is 42.0 Å². The van der Waals surface area contributed by atoms with E-state index in [0.717, 1.165) is 30.2 Å². The first-order chi connectivity index (χ1) is 8.27. The third-order valence-corrected chi connectivity index (χ3v) is 3.56. The predicted octanol–water partition coefficient (Wildman–Crippen LogP) is 1.57. The van der Waals surface area contributed by atoms with Crippen molar-refractivity contribution in [3.8, 4) is 5.69 Å². The van der Waals surface area contributed by atoms with Gasteiger partial charge >= 0.3 is 0 Å². The van der Waals surface area contributed by atoms with Crippen LogP contribution in [0.2, 0.25) is 0 Å². The van der Waals surface area contributed by atoms with Crippen LogP contribution in [0.4, 0.5) is 0 Å². The topological polar surface area (TPSA) is 56.7 Å². The zero-order valence-electron chi connectivity index (χ0n) is 9.93. The molecule has 1 aromatic carbocycles. The quantitative estimate of drug-likeness (QED) is 0.867. The lowest BCUT2D eigenvalue weighted by atomic mass is 10.1. The van der Waals surface area contributed by atoms with Crippen LogP contribution >= 0.6 is 0 Å². The minimum absolute atomic E-state index is 0.0666. The Labute approximate surface area is 100 Å². The molecule has 0 radical (unpaired) electrons. The summed E-state index contributed by atoms with van der Waals surface area (Å²) in [5.41, 5.74) is 7.06. The van der Waals surface area contributed by atoms with E-state index < -0.39 is 0 Å². The number of hydrogen-bond acceptors (Lipinski definition) is 3. The smallest absolute Gasteiger partial charge is 0.145 e. The molecule has 0 spiro atoms. The summed E-state index contributed by atoms with van der Waals surface area (Å²) in [6.07, 6.45) is 2.24. The molecule has 2 aromatic rings. The van der Waals surface area contributed by atoms with Crippen LogP contribution in [0, 0.1) is 6.92 Å². The minimum atomic E-state index is 0.0666. The van der Waals surface area contributed by atoms with Crippen LogP contribution in [0.5, 0.6) is 0 Å². The second-order valence-electron chi connectivity index (χ2n) is 4.73. The first kappa shape index (κ1) is 10.5. The van der Waals surface area contributed by atoms with E-state index >= 15 is 0 Å². The molecule has 0 amide bonds. The van der Waals surface area contributed by atoms with Crippen LogP contribution in [0.1, 0.15) is 24.5 Å². The number of benzene rings is 1. The van der Waals surface area contributed by atoms with Crippen molar-refractivity contribution in [2.45, 2.75) is 25.2 Å². The summed E-state index contributed by atoms with van der Waals surface area (Å²) in [5.74, 6) is 1.94. The largest absolute Gasteiger partial charge is 0.329 e. The Morgan fingerprint density at radius 2 is 1.94 bits per heavy atom. The Balaban J connectivity index is 2.14. The van der Waals surface area contributed by atoms with Gasteiger partial charge in [-0.2, -0.15) is 0 Å². The van der Waals surface area contributed by atoms with E-state index in [-0.39, 0.29) is 5.41 Å². The summed E-state index contributed by atoms with van der Waals surface area (Å²) in [6, 6.07) is 10.2. The van der Waals surface area contributed by atoms with E-state index in [1.54, 1.807) is 0 Å². The van der Waals surface area contributed by atoms with Crippen molar-refractivity contribution in [3.63, 3.8) is 0 Å². The average molecular weight is 228 g/mol. The van der Waals surface area contributed by atoms with Gasteiger partial charge in [0.25, 0.3) is 0 Å². The lowest BCUT2D eigenvalue weighted by Crippen LogP contribution is -2.24. The summed E-state index contributed by atoms with van der Waals surface area (Å²) >= 11 is 0. The third kappa shape index (κ3) is 1.56. The summed E-state index contributed by atoms with van der Waals surface area (Å²) in [6.45, 7) is 2.63. The first-order valence-electron chi connectivity index (χ1n) is 5.95. The summed E-state index contributed by atoms with van der Waals surface area (Å²) < 4.78 is 2.12. The van der Waals surface area contributed by atoms with Crippen molar-refractivity contribution >= 4 is 0 Å². The maximum Gasteiger partial charge on any atom is 0.145 e. The molecule has 17 heavy (non-hydrogen) atoms. The van der Waals surface area contributed by atoms with Crippen molar-refractivity contribution in [2.24, 2.45) is 5.73 Å². The molecule has 88 valence electrons. The molecule has 0 atom stereocenters. The van der Waals surface area contributed by atoms with E-state index in [2.05, 4.69) is 26.9 Å². The number of nitrogens with zero attached hydrogens (tertiary/aromatic N) is 3. The highest BCUT2D eigenvalue weighted by Crippen LogP contribution is 2.46. The van der Waals surface area contributed by atoms with Gasteiger partial charge in [0.05, 0.1) is 0 Å². The number of nitrogens with two attached hydrogens (primary N) is 1. The van der Waals surface area contributed by atoms with Gasteiger partial charge in [0, 0.05) is 17.6 Å². The molecular weight excluding hydrogens is 212 g/mol. The standard InChI is InChI=1S/C13H16N4/c1-10-15-16-12(13(9-14)7-8-13)17(10)11-5-3-2-4-6-11/h2-6H,7-9,14H2,1H3. The van der Waals surface area contributed by atoms with Crippen LogP contribution in [0.25, 0.3) is 5.69 Å². The summed E-state index contributed by atoms with van der Waals surface area (Å²) in [4.78, 5) is 0. The number of para-hydroxylation sites is 1. The van der Waals surface area contributed by atoms with E-state index in [9.17, 15) is 0 Å². The van der Waals surface area contributed by atoms with Gasteiger partial charge in [-0.3, -0.25) is 4.57 Å². The number of aryl methyl sites for hydroxylation is 1. The van der Waals surface area contributed by atoms with Crippen LogP contribution < -0.4 is 5.73 Å². The fraction of sp³-hybridized carbons (Fsp3) is 0.385. The number of aromatic nitrogens is 3. The van der Waals surface area contributed by atoms with Crippen molar-refractivity contribution in [1.29, 1.82) is 0 Å². The Bertz CT molecular complexity index is 526. The molecule has 1 fully saturated rings. The van der Waals surface area contributed by atoms with E-state index in [4.69, 9.17) is 5.73 Å². The van der Waals surface area contributed by atoms with E-state index in [0.29, 0.717) is 6.54 Å². The lowest BCUT2D eigenvalue weighted by Gasteiger charge is -2.14. The molecule has 4 nitrogen and oxygen atoms in total. The molecule has 0 aliphatic heterocycles. The molecule has 1 aromatic heterocycles.